The number of benzene rings is 1. The molecule has 0 saturated carbocycles. The van der Waals surface area contributed by atoms with Crippen LogP contribution in [0.3, 0.4) is 0 Å². The Bertz CT molecular complexity index is 563. The second kappa shape index (κ2) is 5.22. The van der Waals surface area contributed by atoms with Crippen molar-refractivity contribution in [3.05, 3.63) is 36.7 Å². The van der Waals surface area contributed by atoms with Crippen molar-refractivity contribution < 1.29 is 9.59 Å². The zero-order valence-electron chi connectivity index (χ0n) is 9.83. The molecule has 0 aliphatic heterocycles. The number of carbonyl (C=O) groups is 2. The molecule has 0 bridgehead atoms. The van der Waals surface area contributed by atoms with Gasteiger partial charge in [-0.3, -0.25) is 9.59 Å². The fourth-order valence-corrected chi connectivity index (χ4v) is 1.54. The third-order valence-electron chi connectivity index (χ3n) is 2.26. The van der Waals surface area contributed by atoms with E-state index < -0.39 is 0 Å². The Morgan fingerprint density at radius 3 is 2.78 bits per heavy atom. The van der Waals surface area contributed by atoms with Gasteiger partial charge in [0.1, 0.15) is 5.78 Å². The maximum Gasteiger partial charge on any atom is 0.231 e. The molecule has 1 N–H and O–H groups in total. The van der Waals surface area contributed by atoms with E-state index in [0.717, 1.165) is 0 Å². The summed E-state index contributed by atoms with van der Waals surface area (Å²) >= 11 is 0. The Morgan fingerprint density at radius 1 is 1.33 bits per heavy atom. The Labute approximate surface area is 104 Å². The Morgan fingerprint density at radius 2 is 2.11 bits per heavy atom. The van der Waals surface area contributed by atoms with Crippen LogP contribution in [-0.2, 0) is 9.59 Å². The van der Waals surface area contributed by atoms with Gasteiger partial charge in [0.2, 0.25) is 5.91 Å². The summed E-state index contributed by atoms with van der Waals surface area (Å²) in [6, 6.07) is 7.18. The van der Waals surface area contributed by atoms with Gasteiger partial charge in [0.05, 0.1) is 30.2 Å². The van der Waals surface area contributed by atoms with Gasteiger partial charge >= 0.3 is 0 Å². The van der Waals surface area contributed by atoms with Gasteiger partial charge in [-0.05, 0) is 19.1 Å². The van der Waals surface area contributed by atoms with E-state index >= 15 is 0 Å². The Balaban J connectivity index is 2.23. The first-order valence-corrected chi connectivity index (χ1v) is 5.42. The molecule has 0 unspecified atom stereocenters. The minimum Gasteiger partial charge on any atom is -0.324 e. The van der Waals surface area contributed by atoms with Crippen molar-refractivity contribution in [1.82, 2.24) is 15.0 Å². The first-order valence-electron chi connectivity index (χ1n) is 5.42. The first-order chi connectivity index (χ1) is 8.66. The zero-order valence-corrected chi connectivity index (χ0v) is 9.83. The molecule has 18 heavy (non-hydrogen) atoms. The van der Waals surface area contributed by atoms with E-state index in [1.807, 2.05) is 6.07 Å². The number of aromatic nitrogens is 3. The fourth-order valence-electron chi connectivity index (χ4n) is 1.54. The monoisotopic (exact) mass is 244 g/mol. The van der Waals surface area contributed by atoms with Crippen LogP contribution in [0.1, 0.15) is 13.3 Å². The lowest BCUT2D eigenvalue weighted by Gasteiger charge is -2.09. The van der Waals surface area contributed by atoms with Gasteiger partial charge in [0.15, 0.2) is 0 Å². The summed E-state index contributed by atoms with van der Waals surface area (Å²) in [5, 5.41) is 10.3. The lowest BCUT2D eigenvalue weighted by atomic mass is 10.2. The van der Waals surface area contributed by atoms with Gasteiger partial charge in [0, 0.05) is 0 Å². The van der Waals surface area contributed by atoms with Crippen molar-refractivity contribution in [2.75, 3.05) is 5.32 Å². The highest BCUT2D eigenvalue weighted by molar-refractivity contribution is 6.04. The lowest BCUT2D eigenvalue weighted by Crippen LogP contribution is -2.16. The number of hydrogen-bond acceptors (Lipinski definition) is 4. The van der Waals surface area contributed by atoms with Crippen LogP contribution in [-0.4, -0.2) is 26.7 Å². The maximum atomic E-state index is 11.6. The minimum atomic E-state index is -0.338. The summed E-state index contributed by atoms with van der Waals surface area (Å²) in [6.45, 7) is 1.38. The predicted molar refractivity (Wildman–Crippen MR) is 65.3 cm³/mol. The first kappa shape index (κ1) is 12.0. The van der Waals surface area contributed by atoms with E-state index in [9.17, 15) is 9.59 Å². The molecule has 1 aromatic heterocycles. The van der Waals surface area contributed by atoms with Crippen LogP contribution < -0.4 is 5.32 Å². The third-order valence-corrected chi connectivity index (χ3v) is 2.26. The molecule has 2 aromatic rings. The quantitative estimate of drug-likeness (QED) is 0.819. The number of para-hydroxylation sites is 2. The fraction of sp³-hybridized carbons (Fsp3) is 0.167. The number of nitrogens with one attached hydrogen (secondary N) is 1. The van der Waals surface area contributed by atoms with Crippen LogP contribution in [0.25, 0.3) is 5.69 Å². The number of Topliss-reactive ketones (excluding diaryl/α,β-unsaturated/α-hetero) is 1. The average molecular weight is 244 g/mol. The van der Waals surface area contributed by atoms with Crippen molar-refractivity contribution >= 4 is 17.4 Å². The molecule has 0 fully saturated rings. The molecule has 1 heterocycles. The molecule has 0 spiro atoms. The smallest absolute Gasteiger partial charge is 0.231 e. The number of hydrogen-bond donors (Lipinski definition) is 1. The zero-order chi connectivity index (χ0) is 13.0. The number of ketones is 1. The van der Waals surface area contributed by atoms with E-state index in [0.29, 0.717) is 11.4 Å². The topological polar surface area (TPSA) is 76.9 Å². The Kier molecular flexibility index (Phi) is 3.47. The van der Waals surface area contributed by atoms with Crippen molar-refractivity contribution in [3.63, 3.8) is 0 Å². The highest BCUT2D eigenvalue weighted by atomic mass is 16.2. The molecule has 6 nitrogen and oxygen atoms in total. The molecule has 0 aliphatic carbocycles. The van der Waals surface area contributed by atoms with Gasteiger partial charge in [-0.15, -0.1) is 5.10 Å². The molecule has 2 rings (SSSR count). The molecule has 1 aromatic carbocycles. The van der Waals surface area contributed by atoms with Crippen LogP contribution in [0.5, 0.6) is 0 Å². The summed E-state index contributed by atoms with van der Waals surface area (Å²) in [7, 11) is 0. The summed E-state index contributed by atoms with van der Waals surface area (Å²) in [5.41, 5.74) is 1.29. The standard InChI is InChI=1S/C12H12N4O2/c1-9(17)8-12(18)14-10-4-2-3-5-11(10)16-7-6-13-15-16/h2-7H,8H2,1H3,(H,14,18). The number of carbonyl (C=O) groups excluding carboxylic acids is 2. The van der Waals surface area contributed by atoms with Gasteiger partial charge in [0.25, 0.3) is 0 Å². The van der Waals surface area contributed by atoms with Crippen molar-refractivity contribution in [2.45, 2.75) is 13.3 Å². The van der Waals surface area contributed by atoms with Crippen LogP contribution >= 0.6 is 0 Å². The van der Waals surface area contributed by atoms with Gasteiger partial charge in [-0.1, -0.05) is 17.3 Å². The van der Waals surface area contributed by atoms with E-state index in [1.54, 1.807) is 35.3 Å². The molecule has 1 amide bonds. The summed E-state index contributed by atoms with van der Waals surface area (Å²) in [6.07, 6.45) is 3.09. The third kappa shape index (κ3) is 2.79. The van der Waals surface area contributed by atoms with Gasteiger partial charge < -0.3 is 5.32 Å². The molecular formula is C12H12N4O2. The van der Waals surface area contributed by atoms with Gasteiger partial charge in [-0.25, -0.2) is 4.68 Å². The summed E-state index contributed by atoms with van der Waals surface area (Å²) in [5.74, 6) is -0.513. The van der Waals surface area contributed by atoms with Crippen molar-refractivity contribution in [3.8, 4) is 5.69 Å². The van der Waals surface area contributed by atoms with Crippen LogP contribution in [0.2, 0.25) is 0 Å². The van der Waals surface area contributed by atoms with Gasteiger partial charge in [-0.2, -0.15) is 0 Å². The molecule has 0 aliphatic rings. The summed E-state index contributed by atoms with van der Waals surface area (Å²) < 4.78 is 1.55. The lowest BCUT2D eigenvalue weighted by molar-refractivity contribution is -0.124. The maximum absolute atomic E-state index is 11.6. The van der Waals surface area contributed by atoms with Crippen molar-refractivity contribution in [2.24, 2.45) is 0 Å². The SMILES string of the molecule is CC(=O)CC(=O)Nc1ccccc1-n1ccnn1. The molecule has 0 radical (unpaired) electrons. The number of nitrogens with zero attached hydrogens (tertiary/aromatic N) is 3. The van der Waals surface area contributed by atoms with Crippen molar-refractivity contribution in [1.29, 1.82) is 0 Å². The predicted octanol–water partition coefficient (Wildman–Crippen LogP) is 1.18. The Hall–Kier alpha value is -2.50. The highest BCUT2D eigenvalue weighted by Gasteiger charge is 2.09. The average Bonchev–Trinajstić information content (AvgIpc) is 2.81. The normalized spacial score (nSPS) is 10.1. The second-order valence-electron chi connectivity index (χ2n) is 3.79. The molecule has 92 valence electrons. The van der Waals surface area contributed by atoms with E-state index in [1.165, 1.54) is 6.92 Å². The number of rotatable bonds is 4. The molecular weight excluding hydrogens is 232 g/mol. The number of amides is 1. The van der Waals surface area contributed by atoms with E-state index in [2.05, 4.69) is 15.6 Å². The molecule has 0 atom stereocenters. The second-order valence-corrected chi connectivity index (χ2v) is 3.79. The molecule has 0 saturated heterocycles. The van der Waals surface area contributed by atoms with Crippen LogP contribution in [0, 0.1) is 0 Å². The molecule has 6 heteroatoms. The van der Waals surface area contributed by atoms with E-state index in [-0.39, 0.29) is 18.1 Å². The van der Waals surface area contributed by atoms with Crippen LogP contribution in [0.15, 0.2) is 36.7 Å². The van der Waals surface area contributed by atoms with Crippen LogP contribution in [0.4, 0.5) is 5.69 Å². The highest BCUT2D eigenvalue weighted by Crippen LogP contribution is 2.18. The largest absolute Gasteiger partial charge is 0.324 e. The number of anilines is 1. The minimum absolute atomic E-state index is 0.133. The van der Waals surface area contributed by atoms with E-state index in [4.69, 9.17) is 0 Å². The summed E-state index contributed by atoms with van der Waals surface area (Å²) in [4.78, 5) is 22.4.